The molecule has 0 bridgehead atoms. The number of carbonyl (C=O) groups is 1. The number of nitrogens with zero attached hydrogens (tertiary/aromatic N) is 3. The summed E-state index contributed by atoms with van der Waals surface area (Å²) in [6, 6.07) is 12.0. The molecule has 0 saturated carbocycles. The van der Waals surface area contributed by atoms with Gasteiger partial charge in [0, 0.05) is 31.9 Å². The molecule has 5 heteroatoms. The van der Waals surface area contributed by atoms with Gasteiger partial charge in [0.1, 0.15) is 0 Å². The van der Waals surface area contributed by atoms with E-state index in [0.29, 0.717) is 16.8 Å². The van der Waals surface area contributed by atoms with Crippen molar-refractivity contribution in [1.29, 1.82) is 0 Å². The van der Waals surface area contributed by atoms with E-state index in [4.69, 9.17) is 0 Å². The van der Waals surface area contributed by atoms with E-state index < -0.39 is 0 Å². The molecule has 2 aromatic rings. The average Bonchev–Trinajstić information content (AvgIpc) is 2.53. The van der Waals surface area contributed by atoms with E-state index in [2.05, 4.69) is 5.10 Å². The van der Waals surface area contributed by atoms with Gasteiger partial charge in [-0.1, -0.05) is 30.3 Å². The summed E-state index contributed by atoms with van der Waals surface area (Å²) in [4.78, 5) is 26.5. The van der Waals surface area contributed by atoms with Crippen LogP contribution in [-0.2, 0) is 0 Å². The van der Waals surface area contributed by atoms with Crippen LogP contribution >= 0.6 is 0 Å². The van der Waals surface area contributed by atoms with Crippen molar-refractivity contribution < 1.29 is 4.79 Å². The lowest BCUT2D eigenvalue weighted by Crippen LogP contribution is -2.25. The molecule has 1 heterocycles. The smallest absolute Gasteiger partial charge is 0.267 e. The molecule has 1 aromatic carbocycles. The molecule has 1 aromatic heterocycles. The Kier molecular flexibility index (Phi) is 5.11. The maximum absolute atomic E-state index is 12.8. The Morgan fingerprint density at radius 1 is 1.13 bits per heavy atom. The lowest BCUT2D eigenvalue weighted by Gasteiger charge is -2.14. The highest BCUT2D eigenvalue weighted by Gasteiger charge is 2.17. The maximum Gasteiger partial charge on any atom is 0.267 e. The summed E-state index contributed by atoms with van der Waals surface area (Å²) >= 11 is 0. The van der Waals surface area contributed by atoms with Crippen molar-refractivity contribution in [2.75, 3.05) is 14.1 Å². The van der Waals surface area contributed by atoms with Crippen molar-refractivity contribution >= 4 is 11.4 Å². The molecular weight excluding hydrogens is 290 g/mol. The fraction of sp³-hybridized carbons (Fsp3) is 0.278. The van der Waals surface area contributed by atoms with Gasteiger partial charge in [-0.2, -0.15) is 5.10 Å². The second-order valence-corrected chi connectivity index (χ2v) is 5.80. The number of aromatic nitrogens is 2. The summed E-state index contributed by atoms with van der Waals surface area (Å²) in [5, 5.41) is 4.36. The maximum atomic E-state index is 12.8. The molecule has 0 fully saturated rings. The normalized spacial score (nSPS) is 11.6. The van der Waals surface area contributed by atoms with E-state index in [9.17, 15) is 9.59 Å². The van der Waals surface area contributed by atoms with Crippen molar-refractivity contribution in [2.45, 2.75) is 19.9 Å². The molecule has 0 N–H and O–H groups in total. The molecule has 120 valence electrons. The van der Waals surface area contributed by atoms with Gasteiger partial charge in [-0.25, -0.2) is 4.68 Å². The second kappa shape index (κ2) is 7.05. The number of hydrogen-bond acceptors (Lipinski definition) is 4. The molecule has 23 heavy (non-hydrogen) atoms. The summed E-state index contributed by atoms with van der Waals surface area (Å²) in [5.41, 5.74) is 1.35. The van der Waals surface area contributed by atoms with Crippen molar-refractivity contribution in [2.24, 2.45) is 0 Å². The first kappa shape index (κ1) is 16.7. The largest absolute Gasteiger partial charge is 0.383 e. The fourth-order valence-electron chi connectivity index (χ4n) is 2.18. The monoisotopic (exact) mass is 311 g/mol. The highest BCUT2D eigenvalue weighted by atomic mass is 16.1. The van der Waals surface area contributed by atoms with E-state index in [1.165, 1.54) is 10.7 Å². The third-order valence-electron chi connectivity index (χ3n) is 3.26. The summed E-state index contributed by atoms with van der Waals surface area (Å²) in [6.07, 6.45) is 1.73. The number of hydrogen-bond donors (Lipinski definition) is 0. The molecule has 0 aliphatic heterocycles. The van der Waals surface area contributed by atoms with Crippen LogP contribution in [0.4, 0.5) is 0 Å². The van der Waals surface area contributed by atoms with E-state index in [-0.39, 0.29) is 17.4 Å². The van der Waals surface area contributed by atoms with Crippen molar-refractivity contribution in [3.05, 3.63) is 70.3 Å². The SMILES string of the molecule is CC(C)n1nc(C(=CN(C)C)C(=O)c2ccccc2)ccc1=O. The van der Waals surface area contributed by atoms with Gasteiger partial charge in [0.2, 0.25) is 0 Å². The van der Waals surface area contributed by atoms with Crippen LogP contribution in [0.2, 0.25) is 0 Å². The number of benzene rings is 1. The molecule has 5 nitrogen and oxygen atoms in total. The lowest BCUT2D eigenvalue weighted by molar-refractivity contribution is 0.105. The highest BCUT2D eigenvalue weighted by Crippen LogP contribution is 2.18. The van der Waals surface area contributed by atoms with Gasteiger partial charge in [-0.05, 0) is 19.9 Å². The molecule has 2 rings (SSSR count). The number of carbonyl (C=O) groups excluding carboxylic acids is 1. The van der Waals surface area contributed by atoms with E-state index in [0.717, 1.165) is 0 Å². The molecular formula is C18H21N3O2. The van der Waals surface area contributed by atoms with Crippen LogP contribution in [0.15, 0.2) is 53.5 Å². The Labute approximate surface area is 135 Å². The summed E-state index contributed by atoms with van der Waals surface area (Å²) < 4.78 is 1.39. The van der Waals surface area contributed by atoms with Gasteiger partial charge in [-0.15, -0.1) is 0 Å². The number of Topliss-reactive ketones (excluding diaryl/α,β-unsaturated/α-hetero) is 1. The molecule has 0 aliphatic rings. The van der Waals surface area contributed by atoms with E-state index in [1.807, 2.05) is 46.1 Å². The standard InChI is InChI=1S/C18H21N3O2/c1-13(2)21-17(22)11-10-16(19-21)15(12-20(3)4)18(23)14-8-6-5-7-9-14/h5-13H,1-4H3. The zero-order valence-electron chi connectivity index (χ0n) is 13.9. The van der Waals surface area contributed by atoms with Crippen LogP contribution in [0.5, 0.6) is 0 Å². The third kappa shape index (κ3) is 3.94. The first-order valence-corrected chi connectivity index (χ1v) is 7.48. The number of ketones is 1. The van der Waals surface area contributed by atoms with Crippen molar-refractivity contribution in [1.82, 2.24) is 14.7 Å². The Hall–Kier alpha value is -2.69. The first-order chi connectivity index (χ1) is 10.9. The minimum atomic E-state index is -0.180. The predicted molar refractivity (Wildman–Crippen MR) is 91.3 cm³/mol. The van der Waals surface area contributed by atoms with Crippen LogP contribution in [0.3, 0.4) is 0 Å². The first-order valence-electron chi connectivity index (χ1n) is 7.48. The minimum Gasteiger partial charge on any atom is -0.383 e. The van der Waals surface area contributed by atoms with Crippen LogP contribution in [0.25, 0.3) is 5.57 Å². The van der Waals surface area contributed by atoms with Crippen LogP contribution in [0, 0.1) is 0 Å². The third-order valence-corrected chi connectivity index (χ3v) is 3.26. The molecule has 0 spiro atoms. The Balaban J connectivity index is 2.55. The summed E-state index contributed by atoms with van der Waals surface area (Å²) in [6.45, 7) is 3.76. The van der Waals surface area contributed by atoms with E-state index in [1.54, 1.807) is 29.3 Å². The second-order valence-electron chi connectivity index (χ2n) is 5.80. The fourth-order valence-corrected chi connectivity index (χ4v) is 2.18. The van der Waals surface area contributed by atoms with Crippen LogP contribution in [0.1, 0.15) is 35.9 Å². The molecule has 0 unspecified atom stereocenters. The summed E-state index contributed by atoms with van der Waals surface area (Å²) in [5.74, 6) is -0.124. The molecule has 0 amide bonds. The minimum absolute atomic E-state index is 0.0742. The van der Waals surface area contributed by atoms with Gasteiger partial charge in [0.05, 0.1) is 17.3 Å². The van der Waals surface area contributed by atoms with Gasteiger partial charge in [0.25, 0.3) is 5.56 Å². The van der Waals surface area contributed by atoms with Gasteiger partial charge < -0.3 is 4.90 Å². The molecule has 0 aliphatic carbocycles. The van der Waals surface area contributed by atoms with Gasteiger partial charge in [0.15, 0.2) is 5.78 Å². The Bertz CT molecular complexity index is 774. The quantitative estimate of drug-likeness (QED) is 0.629. The average molecular weight is 311 g/mol. The van der Waals surface area contributed by atoms with Crippen molar-refractivity contribution in [3.8, 4) is 0 Å². The zero-order chi connectivity index (χ0) is 17.0. The highest BCUT2D eigenvalue weighted by molar-refractivity contribution is 6.28. The molecule has 0 radical (unpaired) electrons. The van der Waals surface area contributed by atoms with E-state index >= 15 is 0 Å². The molecule has 0 atom stereocenters. The Morgan fingerprint density at radius 2 is 1.78 bits per heavy atom. The van der Waals surface area contributed by atoms with Gasteiger partial charge >= 0.3 is 0 Å². The van der Waals surface area contributed by atoms with Crippen LogP contribution < -0.4 is 5.56 Å². The topological polar surface area (TPSA) is 55.2 Å². The zero-order valence-corrected chi connectivity index (χ0v) is 13.9. The molecule has 0 saturated heterocycles. The number of rotatable bonds is 5. The predicted octanol–water partition coefficient (Wildman–Crippen LogP) is 2.61. The number of allylic oxidation sites excluding steroid dienone is 1. The summed E-state index contributed by atoms with van der Waals surface area (Å²) in [7, 11) is 3.69. The van der Waals surface area contributed by atoms with Gasteiger partial charge in [-0.3, -0.25) is 9.59 Å². The lowest BCUT2D eigenvalue weighted by atomic mass is 10.0. The Morgan fingerprint density at radius 3 is 2.35 bits per heavy atom. The van der Waals surface area contributed by atoms with Crippen LogP contribution in [-0.4, -0.2) is 34.6 Å². The van der Waals surface area contributed by atoms with Crippen molar-refractivity contribution in [3.63, 3.8) is 0 Å².